The summed E-state index contributed by atoms with van der Waals surface area (Å²) in [6, 6.07) is 22.0. The maximum absolute atomic E-state index is 12.6. The molecule has 3 aromatic rings. The first-order chi connectivity index (χ1) is 14.9. The van der Waals surface area contributed by atoms with Crippen molar-refractivity contribution >= 4 is 57.6 Å². The van der Waals surface area contributed by atoms with Gasteiger partial charge in [0.15, 0.2) is 0 Å². The van der Waals surface area contributed by atoms with Crippen molar-refractivity contribution in [1.29, 1.82) is 0 Å². The number of nitrogens with zero attached hydrogens (tertiary/aromatic N) is 2. The normalized spacial score (nSPS) is 10.1. The molecule has 0 atom stereocenters. The van der Waals surface area contributed by atoms with Gasteiger partial charge in [0, 0.05) is 25.2 Å². The van der Waals surface area contributed by atoms with Crippen molar-refractivity contribution in [3.63, 3.8) is 0 Å². The highest BCUT2D eigenvalue weighted by atomic mass is 32.1. The molecule has 9 heteroatoms. The van der Waals surface area contributed by atoms with Crippen LogP contribution < -0.4 is 10.9 Å². The minimum Gasteiger partial charge on any atom is -0.277 e. The van der Waals surface area contributed by atoms with E-state index in [-0.39, 0.29) is 11.8 Å². The largest absolute Gasteiger partial charge is 0.279 e. The topological polar surface area (TPSA) is 64.7 Å². The molecule has 0 radical (unpaired) electrons. The molecule has 0 aliphatic carbocycles. The Morgan fingerprint density at radius 2 is 1.03 bits per heavy atom. The molecule has 2 amide bonds. The van der Waals surface area contributed by atoms with Crippen molar-refractivity contribution in [3.8, 4) is 0 Å². The summed E-state index contributed by atoms with van der Waals surface area (Å²) >= 11 is 11.9. The van der Waals surface area contributed by atoms with Crippen LogP contribution in [-0.2, 0) is 0 Å². The average Bonchev–Trinajstić information content (AvgIpc) is 3.30. The summed E-state index contributed by atoms with van der Waals surface area (Å²) in [5.41, 5.74) is 7.10. The maximum Gasteiger partial charge on any atom is 0.279 e. The van der Waals surface area contributed by atoms with E-state index in [4.69, 9.17) is 24.4 Å². The molecule has 0 aliphatic rings. The van der Waals surface area contributed by atoms with Gasteiger partial charge in [-0.25, -0.2) is 0 Å². The number of nitrogens with one attached hydrogen (secondary N) is 2. The van der Waals surface area contributed by atoms with Gasteiger partial charge >= 0.3 is 0 Å². The molecule has 158 valence electrons. The number of thiophene rings is 1. The summed E-state index contributed by atoms with van der Waals surface area (Å²) in [5.74, 6) is -0.698. The molecule has 0 unspecified atom stereocenters. The zero-order valence-electron chi connectivity index (χ0n) is 16.9. The van der Waals surface area contributed by atoms with E-state index in [1.165, 1.54) is 10.0 Å². The molecule has 0 spiro atoms. The fourth-order valence-corrected chi connectivity index (χ4v) is 3.80. The minimum absolute atomic E-state index is 0.349. The monoisotopic (exact) mass is 468 g/mol. The van der Waals surface area contributed by atoms with Gasteiger partial charge in [-0.1, -0.05) is 85.1 Å². The number of thiocarbonyl (C=S) groups is 2. The first-order valence-electron chi connectivity index (χ1n) is 9.25. The molecule has 6 nitrogen and oxygen atoms in total. The average molecular weight is 469 g/mol. The third-order valence-electron chi connectivity index (χ3n) is 4.24. The highest BCUT2D eigenvalue weighted by Gasteiger charge is 2.18. The Labute approximate surface area is 195 Å². The molecule has 0 fully saturated rings. The number of rotatable bonds is 4. The Morgan fingerprint density at radius 3 is 1.39 bits per heavy atom. The molecule has 31 heavy (non-hydrogen) atoms. The standard InChI is InChI=1S/C22H20N4O2S3/c1-25(21(29)15-9-5-3-6-10-15)23-19(27)17-13-14-18(31-17)20(28)24-26(2)22(30)16-11-7-4-8-12-16/h3-14H,1-2H3,(H,23,27)(H,24,28). The lowest BCUT2D eigenvalue weighted by Crippen LogP contribution is -2.43. The molecule has 1 heterocycles. The third-order valence-corrected chi connectivity index (χ3v) is 6.34. The molecule has 1 aromatic heterocycles. The van der Waals surface area contributed by atoms with Gasteiger partial charge in [0.1, 0.15) is 9.98 Å². The number of carbonyl (C=O) groups is 2. The van der Waals surface area contributed by atoms with Gasteiger partial charge in [-0.2, -0.15) is 0 Å². The Bertz CT molecular complexity index is 1010. The number of hydrazine groups is 2. The highest BCUT2D eigenvalue weighted by molar-refractivity contribution is 7.80. The molecular weight excluding hydrogens is 448 g/mol. The summed E-state index contributed by atoms with van der Waals surface area (Å²) in [4.78, 5) is 26.9. The van der Waals surface area contributed by atoms with E-state index in [0.29, 0.717) is 19.7 Å². The lowest BCUT2D eigenvalue weighted by Gasteiger charge is -2.21. The van der Waals surface area contributed by atoms with E-state index in [2.05, 4.69) is 10.9 Å². The van der Waals surface area contributed by atoms with Crippen LogP contribution in [0.4, 0.5) is 0 Å². The van der Waals surface area contributed by atoms with Gasteiger partial charge in [0.05, 0.1) is 9.75 Å². The quantitative estimate of drug-likeness (QED) is 0.450. The Morgan fingerprint density at radius 1 is 0.677 bits per heavy atom. The van der Waals surface area contributed by atoms with Crippen LogP contribution in [0.15, 0.2) is 72.8 Å². The van der Waals surface area contributed by atoms with Crippen molar-refractivity contribution in [3.05, 3.63) is 93.7 Å². The smallest absolute Gasteiger partial charge is 0.277 e. The van der Waals surface area contributed by atoms with Crippen LogP contribution in [0.2, 0.25) is 0 Å². The number of carbonyl (C=O) groups excluding carboxylic acids is 2. The van der Waals surface area contributed by atoms with E-state index in [1.54, 1.807) is 26.2 Å². The number of benzene rings is 2. The number of amides is 2. The van der Waals surface area contributed by atoms with Crippen molar-refractivity contribution in [2.45, 2.75) is 0 Å². The summed E-state index contributed by atoms with van der Waals surface area (Å²) in [6.45, 7) is 0. The second kappa shape index (κ2) is 10.3. The van der Waals surface area contributed by atoms with Crippen LogP contribution in [0.1, 0.15) is 30.5 Å². The maximum atomic E-state index is 12.6. The third kappa shape index (κ3) is 5.72. The van der Waals surface area contributed by atoms with Gasteiger partial charge in [-0.05, 0) is 12.1 Å². The first-order valence-corrected chi connectivity index (χ1v) is 10.9. The van der Waals surface area contributed by atoms with Crippen LogP contribution in [0.25, 0.3) is 0 Å². The summed E-state index contributed by atoms with van der Waals surface area (Å²) in [7, 11) is 3.35. The van der Waals surface area contributed by atoms with Crippen molar-refractivity contribution in [1.82, 2.24) is 20.9 Å². The van der Waals surface area contributed by atoms with Gasteiger partial charge in [0.25, 0.3) is 11.8 Å². The van der Waals surface area contributed by atoms with Crippen LogP contribution in [0.5, 0.6) is 0 Å². The van der Waals surface area contributed by atoms with Gasteiger partial charge in [-0.15, -0.1) is 11.3 Å². The fourth-order valence-electron chi connectivity index (χ4n) is 2.65. The fraction of sp³-hybridized carbons (Fsp3) is 0.0909. The Balaban J connectivity index is 1.60. The lowest BCUT2D eigenvalue weighted by atomic mass is 10.2. The highest BCUT2D eigenvalue weighted by Crippen LogP contribution is 2.17. The lowest BCUT2D eigenvalue weighted by molar-refractivity contribution is 0.0886. The summed E-state index contributed by atoms with van der Waals surface area (Å²) in [5, 5.41) is 2.97. The van der Waals surface area contributed by atoms with Crippen LogP contribution in [0.3, 0.4) is 0 Å². The van der Waals surface area contributed by atoms with Crippen LogP contribution in [0, 0.1) is 0 Å². The molecule has 2 N–H and O–H groups in total. The number of hydrogen-bond acceptors (Lipinski definition) is 5. The second-order valence-electron chi connectivity index (χ2n) is 6.51. The van der Waals surface area contributed by atoms with Crippen molar-refractivity contribution in [2.75, 3.05) is 14.1 Å². The predicted octanol–water partition coefficient (Wildman–Crippen LogP) is 3.65. The van der Waals surface area contributed by atoms with Gasteiger partial charge < -0.3 is 0 Å². The summed E-state index contributed by atoms with van der Waals surface area (Å²) in [6.07, 6.45) is 0. The zero-order valence-corrected chi connectivity index (χ0v) is 19.3. The SMILES string of the molecule is CN(NC(=O)c1ccc(C(=O)NN(C)C(=S)c2ccccc2)s1)C(=S)c1ccccc1. The first kappa shape index (κ1) is 22.5. The predicted molar refractivity (Wildman–Crippen MR) is 131 cm³/mol. The summed E-state index contributed by atoms with van der Waals surface area (Å²) < 4.78 is 0. The van der Waals surface area contributed by atoms with E-state index in [9.17, 15) is 9.59 Å². The molecule has 0 saturated carbocycles. The van der Waals surface area contributed by atoms with E-state index >= 15 is 0 Å². The Kier molecular flexibility index (Phi) is 7.45. The zero-order chi connectivity index (χ0) is 22.4. The second-order valence-corrected chi connectivity index (χ2v) is 8.36. The van der Waals surface area contributed by atoms with E-state index < -0.39 is 0 Å². The van der Waals surface area contributed by atoms with Gasteiger partial charge in [-0.3, -0.25) is 30.5 Å². The number of hydrogen-bond donors (Lipinski definition) is 2. The van der Waals surface area contributed by atoms with Crippen molar-refractivity contribution in [2.24, 2.45) is 0 Å². The van der Waals surface area contributed by atoms with Crippen LogP contribution in [-0.4, -0.2) is 45.9 Å². The molecule has 0 aliphatic heterocycles. The van der Waals surface area contributed by atoms with Gasteiger partial charge in [0.2, 0.25) is 0 Å². The Hall–Kier alpha value is -3.14. The minimum atomic E-state index is -0.349. The molecular formula is C22H20N4O2S3. The van der Waals surface area contributed by atoms with E-state index in [0.717, 1.165) is 22.5 Å². The molecule has 3 rings (SSSR count). The molecule has 0 saturated heterocycles. The van der Waals surface area contributed by atoms with Crippen molar-refractivity contribution < 1.29 is 9.59 Å². The molecule has 2 aromatic carbocycles. The molecule has 0 bridgehead atoms. The van der Waals surface area contributed by atoms with E-state index in [1.807, 2.05) is 60.7 Å². The van der Waals surface area contributed by atoms with Crippen LogP contribution >= 0.6 is 35.8 Å².